The van der Waals surface area contributed by atoms with Gasteiger partial charge in [-0.2, -0.15) is 0 Å². The smallest absolute Gasteiger partial charge is 0.213 e. The molecule has 2 N–H and O–H groups in total. The van der Waals surface area contributed by atoms with E-state index >= 15 is 0 Å². The first-order chi connectivity index (χ1) is 6.36. The molecule has 0 aromatic carbocycles. The van der Waals surface area contributed by atoms with Gasteiger partial charge in [0.25, 0.3) is 0 Å². The molecule has 1 rings (SSSR count). The highest BCUT2D eigenvalue weighted by Crippen LogP contribution is 2.07. The fraction of sp³-hybridized carbons (Fsp3) is 0.300. The van der Waals surface area contributed by atoms with E-state index in [0.717, 1.165) is 12.1 Å². The summed E-state index contributed by atoms with van der Waals surface area (Å²) in [7, 11) is 1.61. The first kappa shape index (κ1) is 9.74. The summed E-state index contributed by atoms with van der Waals surface area (Å²) in [6.45, 7) is 0.667. The van der Waals surface area contributed by atoms with Crippen molar-refractivity contribution in [1.29, 1.82) is 0 Å². The van der Waals surface area contributed by atoms with Crippen LogP contribution in [0.25, 0.3) is 6.08 Å². The third-order valence-corrected chi connectivity index (χ3v) is 1.58. The van der Waals surface area contributed by atoms with E-state index in [1.54, 1.807) is 7.11 Å². The van der Waals surface area contributed by atoms with Crippen molar-refractivity contribution in [1.82, 2.24) is 4.98 Å². The van der Waals surface area contributed by atoms with E-state index in [2.05, 4.69) is 4.98 Å². The van der Waals surface area contributed by atoms with Crippen LogP contribution < -0.4 is 10.5 Å². The van der Waals surface area contributed by atoms with E-state index in [4.69, 9.17) is 10.5 Å². The zero-order valence-corrected chi connectivity index (χ0v) is 7.73. The standard InChI is InChI=1S/C10H14N2O/c1-13-10-7-4-6-9(12-10)5-2-3-8-11/h2,4-7H,3,8,11H2,1H3/b5-2+. The zero-order valence-electron chi connectivity index (χ0n) is 7.73. The summed E-state index contributed by atoms with van der Waals surface area (Å²) in [5, 5.41) is 0. The summed E-state index contributed by atoms with van der Waals surface area (Å²) in [6, 6.07) is 5.66. The first-order valence-electron chi connectivity index (χ1n) is 4.24. The number of pyridine rings is 1. The van der Waals surface area contributed by atoms with Gasteiger partial charge in [-0.15, -0.1) is 0 Å². The van der Waals surface area contributed by atoms with Gasteiger partial charge in [-0.3, -0.25) is 0 Å². The van der Waals surface area contributed by atoms with Crippen LogP contribution in [0.4, 0.5) is 0 Å². The van der Waals surface area contributed by atoms with Crippen LogP contribution in [-0.4, -0.2) is 18.6 Å². The summed E-state index contributed by atoms with van der Waals surface area (Å²) in [4.78, 5) is 4.21. The number of nitrogens with two attached hydrogens (primary N) is 1. The highest BCUT2D eigenvalue weighted by molar-refractivity contribution is 5.45. The van der Waals surface area contributed by atoms with E-state index in [0.29, 0.717) is 12.4 Å². The second-order valence-corrected chi connectivity index (χ2v) is 2.58. The van der Waals surface area contributed by atoms with Crippen molar-refractivity contribution in [2.24, 2.45) is 5.73 Å². The third kappa shape index (κ3) is 3.25. The van der Waals surface area contributed by atoms with Gasteiger partial charge in [-0.25, -0.2) is 4.98 Å². The molecule has 3 heteroatoms. The summed E-state index contributed by atoms with van der Waals surface area (Å²) in [5.74, 6) is 0.634. The lowest BCUT2D eigenvalue weighted by molar-refractivity contribution is 0.397. The molecule has 0 atom stereocenters. The fourth-order valence-corrected chi connectivity index (χ4v) is 0.938. The van der Waals surface area contributed by atoms with Gasteiger partial charge in [0.1, 0.15) is 0 Å². The van der Waals surface area contributed by atoms with Gasteiger partial charge in [0.2, 0.25) is 5.88 Å². The van der Waals surface area contributed by atoms with E-state index < -0.39 is 0 Å². The van der Waals surface area contributed by atoms with Gasteiger partial charge in [-0.1, -0.05) is 12.1 Å². The van der Waals surface area contributed by atoms with Gasteiger partial charge in [0.15, 0.2) is 0 Å². The Morgan fingerprint density at radius 1 is 1.54 bits per heavy atom. The Balaban J connectivity index is 2.66. The number of hydrogen-bond acceptors (Lipinski definition) is 3. The van der Waals surface area contributed by atoms with Gasteiger partial charge in [-0.05, 0) is 25.1 Å². The van der Waals surface area contributed by atoms with Crippen LogP contribution in [0.1, 0.15) is 12.1 Å². The Hall–Kier alpha value is -1.35. The van der Waals surface area contributed by atoms with Crippen molar-refractivity contribution >= 4 is 6.08 Å². The lowest BCUT2D eigenvalue weighted by atomic mass is 10.3. The van der Waals surface area contributed by atoms with Gasteiger partial charge in [0.05, 0.1) is 12.8 Å². The Kier molecular flexibility index (Phi) is 3.99. The van der Waals surface area contributed by atoms with E-state index in [-0.39, 0.29) is 0 Å². The number of methoxy groups -OCH3 is 1. The van der Waals surface area contributed by atoms with Crippen LogP contribution in [0, 0.1) is 0 Å². The molecule has 0 aliphatic carbocycles. The topological polar surface area (TPSA) is 48.1 Å². The monoisotopic (exact) mass is 178 g/mol. The minimum Gasteiger partial charge on any atom is -0.481 e. The number of rotatable bonds is 4. The maximum Gasteiger partial charge on any atom is 0.213 e. The van der Waals surface area contributed by atoms with Crippen molar-refractivity contribution < 1.29 is 4.74 Å². The molecule has 13 heavy (non-hydrogen) atoms. The van der Waals surface area contributed by atoms with Crippen LogP contribution in [0.2, 0.25) is 0 Å². The largest absolute Gasteiger partial charge is 0.481 e. The third-order valence-electron chi connectivity index (χ3n) is 1.58. The lowest BCUT2D eigenvalue weighted by Crippen LogP contribution is -1.95. The molecule has 70 valence electrons. The van der Waals surface area contributed by atoms with Crippen LogP contribution in [0.15, 0.2) is 24.3 Å². The molecule has 1 aromatic heterocycles. The van der Waals surface area contributed by atoms with Gasteiger partial charge in [0, 0.05) is 6.07 Å². The molecular weight excluding hydrogens is 164 g/mol. The average Bonchev–Trinajstić information content (AvgIpc) is 2.19. The van der Waals surface area contributed by atoms with Crippen molar-refractivity contribution in [3.05, 3.63) is 30.0 Å². The maximum atomic E-state index is 5.35. The molecule has 0 aliphatic heterocycles. The van der Waals surface area contributed by atoms with Crippen LogP contribution in [-0.2, 0) is 0 Å². The molecule has 0 spiro atoms. The summed E-state index contributed by atoms with van der Waals surface area (Å²) < 4.78 is 4.99. The Morgan fingerprint density at radius 2 is 2.38 bits per heavy atom. The van der Waals surface area contributed by atoms with Crippen LogP contribution in [0.3, 0.4) is 0 Å². The van der Waals surface area contributed by atoms with Crippen LogP contribution in [0.5, 0.6) is 5.88 Å². The molecule has 0 bridgehead atoms. The fourth-order valence-electron chi connectivity index (χ4n) is 0.938. The molecule has 0 saturated carbocycles. The Bertz CT molecular complexity index is 284. The van der Waals surface area contributed by atoms with E-state index in [1.165, 1.54) is 0 Å². The molecule has 0 unspecified atom stereocenters. The molecule has 0 amide bonds. The zero-order chi connectivity index (χ0) is 9.52. The summed E-state index contributed by atoms with van der Waals surface area (Å²) in [6.07, 6.45) is 4.82. The minimum atomic E-state index is 0.634. The lowest BCUT2D eigenvalue weighted by Gasteiger charge is -1.98. The van der Waals surface area contributed by atoms with Crippen molar-refractivity contribution in [2.75, 3.05) is 13.7 Å². The number of hydrogen-bond donors (Lipinski definition) is 1. The number of aromatic nitrogens is 1. The molecule has 0 saturated heterocycles. The maximum absolute atomic E-state index is 5.35. The summed E-state index contributed by atoms with van der Waals surface area (Å²) in [5.41, 5.74) is 6.25. The first-order valence-corrected chi connectivity index (χ1v) is 4.24. The number of ether oxygens (including phenoxy) is 1. The second-order valence-electron chi connectivity index (χ2n) is 2.58. The SMILES string of the molecule is COc1cccc(/C=C/CCN)n1. The van der Waals surface area contributed by atoms with E-state index in [1.807, 2.05) is 30.4 Å². The van der Waals surface area contributed by atoms with E-state index in [9.17, 15) is 0 Å². The highest BCUT2D eigenvalue weighted by Gasteiger charge is 1.91. The number of nitrogens with zero attached hydrogens (tertiary/aromatic N) is 1. The quantitative estimate of drug-likeness (QED) is 0.759. The van der Waals surface area contributed by atoms with Gasteiger partial charge < -0.3 is 10.5 Å². The van der Waals surface area contributed by atoms with Gasteiger partial charge >= 0.3 is 0 Å². The predicted molar refractivity (Wildman–Crippen MR) is 53.5 cm³/mol. The molecule has 0 aliphatic rings. The van der Waals surface area contributed by atoms with Crippen molar-refractivity contribution in [3.8, 4) is 5.88 Å². The molecule has 0 fully saturated rings. The highest BCUT2D eigenvalue weighted by atomic mass is 16.5. The molecule has 0 radical (unpaired) electrons. The normalized spacial score (nSPS) is 10.6. The Morgan fingerprint density at radius 3 is 3.08 bits per heavy atom. The molecule has 3 nitrogen and oxygen atoms in total. The Labute approximate surface area is 78.2 Å². The average molecular weight is 178 g/mol. The summed E-state index contributed by atoms with van der Waals surface area (Å²) >= 11 is 0. The van der Waals surface area contributed by atoms with Crippen molar-refractivity contribution in [2.45, 2.75) is 6.42 Å². The van der Waals surface area contributed by atoms with Crippen molar-refractivity contribution in [3.63, 3.8) is 0 Å². The second kappa shape index (κ2) is 5.32. The van der Waals surface area contributed by atoms with Crippen LogP contribution >= 0.6 is 0 Å². The minimum absolute atomic E-state index is 0.634. The molecule has 1 aromatic rings. The molecular formula is C10H14N2O. The predicted octanol–water partition coefficient (Wildman–Crippen LogP) is 1.45. The molecule has 1 heterocycles.